The van der Waals surface area contributed by atoms with Crippen LogP contribution in [-0.2, 0) is 14.3 Å². The number of hydrogen-bond donors (Lipinski definition) is 2. The third-order valence-electron chi connectivity index (χ3n) is 2.31. The first-order chi connectivity index (χ1) is 7.35. The van der Waals surface area contributed by atoms with E-state index < -0.39 is 17.5 Å². The molecule has 1 unspecified atom stereocenters. The first kappa shape index (κ1) is 14.9. The standard InChI is InChI=1S/C11H21NO4/c1-5-8(16-6-2)9(13)12-7-11(3,4)10(14)15/h8H,5-7H2,1-4H3,(H,12,13)(H,14,15). The van der Waals surface area contributed by atoms with E-state index in [0.717, 1.165) is 0 Å². The van der Waals surface area contributed by atoms with E-state index in [2.05, 4.69) is 5.32 Å². The summed E-state index contributed by atoms with van der Waals surface area (Å²) in [6.07, 6.45) is 0.0854. The minimum Gasteiger partial charge on any atom is -0.481 e. The van der Waals surface area contributed by atoms with Crippen LogP contribution in [0.3, 0.4) is 0 Å². The van der Waals surface area contributed by atoms with Gasteiger partial charge in [-0.1, -0.05) is 6.92 Å². The molecule has 2 N–H and O–H groups in total. The lowest BCUT2D eigenvalue weighted by Gasteiger charge is -2.21. The molecule has 0 heterocycles. The van der Waals surface area contributed by atoms with Gasteiger partial charge in [0, 0.05) is 13.2 Å². The molecular weight excluding hydrogens is 210 g/mol. The maximum absolute atomic E-state index is 11.6. The predicted molar refractivity (Wildman–Crippen MR) is 60.1 cm³/mol. The highest BCUT2D eigenvalue weighted by molar-refractivity contribution is 5.82. The summed E-state index contributed by atoms with van der Waals surface area (Å²) in [6.45, 7) is 7.37. The Morgan fingerprint density at radius 2 is 1.94 bits per heavy atom. The normalized spacial score (nSPS) is 13.2. The van der Waals surface area contributed by atoms with Gasteiger partial charge in [-0.3, -0.25) is 9.59 Å². The van der Waals surface area contributed by atoms with Crippen molar-refractivity contribution in [2.45, 2.75) is 40.2 Å². The summed E-state index contributed by atoms with van der Waals surface area (Å²) in [7, 11) is 0. The molecule has 5 heteroatoms. The molecular formula is C11H21NO4. The van der Waals surface area contributed by atoms with Crippen LogP contribution in [0.4, 0.5) is 0 Å². The summed E-state index contributed by atoms with van der Waals surface area (Å²) in [4.78, 5) is 22.4. The molecule has 0 aromatic carbocycles. The molecule has 0 bridgehead atoms. The van der Waals surface area contributed by atoms with Crippen molar-refractivity contribution in [2.75, 3.05) is 13.2 Å². The lowest BCUT2D eigenvalue weighted by Crippen LogP contribution is -2.43. The Bertz CT molecular complexity index is 250. The molecule has 1 atom stereocenters. The van der Waals surface area contributed by atoms with E-state index in [-0.39, 0.29) is 12.5 Å². The zero-order valence-electron chi connectivity index (χ0n) is 10.4. The molecule has 16 heavy (non-hydrogen) atoms. The summed E-state index contributed by atoms with van der Waals surface area (Å²) < 4.78 is 5.22. The van der Waals surface area contributed by atoms with Crippen molar-refractivity contribution in [2.24, 2.45) is 5.41 Å². The van der Waals surface area contributed by atoms with Gasteiger partial charge in [-0.25, -0.2) is 0 Å². The number of aliphatic carboxylic acids is 1. The second-order valence-electron chi connectivity index (χ2n) is 4.26. The zero-order chi connectivity index (χ0) is 12.8. The smallest absolute Gasteiger partial charge is 0.310 e. The molecule has 0 spiro atoms. The molecule has 0 radical (unpaired) electrons. The Balaban J connectivity index is 4.19. The van der Waals surface area contributed by atoms with Crippen LogP contribution >= 0.6 is 0 Å². The van der Waals surface area contributed by atoms with Crippen molar-refractivity contribution < 1.29 is 19.4 Å². The molecule has 1 amide bonds. The fourth-order valence-corrected chi connectivity index (χ4v) is 1.08. The van der Waals surface area contributed by atoms with E-state index >= 15 is 0 Å². The molecule has 0 fully saturated rings. The van der Waals surface area contributed by atoms with Crippen LogP contribution < -0.4 is 5.32 Å². The molecule has 0 aliphatic carbocycles. The summed E-state index contributed by atoms with van der Waals surface area (Å²) in [6, 6.07) is 0. The quantitative estimate of drug-likeness (QED) is 0.686. The maximum atomic E-state index is 11.6. The maximum Gasteiger partial charge on any atom is 0.310 e. The molecule has 0 aliphatic heterocycles. The average molecular weight is 231 g/mol. The van der Waals surface area contributed by atoms with Crippen LogP contribution in [0.15, 0.2) is 0 Å². The fourth-order valence-electron chi connectivity index (χ4n) is 1.08. The van der Waals surface area contributed by atoms with Crippen LogP contribution in [0.2, 0.25) is 0 Å². The van der Waals surface area contributed by atoms with E-state index in [0.29, 0.717) is 13.0 Å². The first-order valence-corrected chi connectivity index (χ1v) is 5.47. The van der Waals surface area contributed by atoms with E-state index in [4.69, 9.17) is 9.84 Å². The second kappa shape index (κ2) is 6.48. The Kier molecular flexibility index (Phi) is 6.03. The number of carbonyl (C=O) groups is 2. The number of rotatable bonds is 7. The minimum absolute atomic E-state index is 0.102. The van der Waals surface area contributed by atoms with Crippen LogP contribution in [0.1, 0.15) is 34.1 Å². The number of amides is 1. The van der Waals surface area contributed by atoms with Crippen molar-refractivity contribution >= 4 is 11.9 Å². The lowest BCUT2D eigenvalue weighted by atomic mass is 9.94. The van der Waals surface area contributed by atoms with Crippen molar-refractivity contribution in [1.29, 1.82) is 0 Å². The van der Waals surface area contributed by atoms with Crippen LogP contribution in [0.5, 0.6) is 0 Å². The largest absolute Gasteiger partial charge is 0.481 e. The Morgan fingerprint density at radius 3 is 2.31 bits per heavy atom. The van der Waals surface area contributed by atoms with Gasteiger partial charge in [0.25, 0.3) is 0 Å². The number of carboxylic acids is 1. The van der Waals surface area contributed by atoms with Crippen LogP contribution in [-0.4, -0.2) is 36.2 Å². The van der Waals surface area contributed by atoms with Gasteiger partial charge in [0.05, 0.1) is 5.41 Å². The van der Waals surface area contributed by atoms with Gasteiger partial charge in [-0.05, 0) is 27.2 Å². The van der Waals surface area contributed by atoms with E-state index in [1.807, 2.05) is 13.8 Å². The monoisotopic (exact) mass is 231 g/mol. The highest BCUT2D eigenvalue weighted by Gasteiger charge is 2.28. The average Bonchev–Trinajstić information content (AvgIpc) is 2.22. The van der Waals surface area contributed by atoms with Crippen molar-refractivity contribution in [1.82, 2.24) is 5.32 Å². The topological polar surface area (TPSA) is 75.6 Å². The number of carbonyl (C=O) groups excluding carboxylic acids is 1. The first-order valence-electron chi connectivity index (χ1n) is 5.47. The number of ether oxygens (including phenoxy) is 1. The minimum atomic E-state index is -0.958. The predicted octanol–water partition coefficient (Wildman–Crippen LogP) is 1.03. The number of carboxylic acid groups (broad SMARTS) is 1. The molecule has 0 aromatic rings. The highest BCUT2D eigenvalue weighted by Crippen LogP contribution is 2.13. The zero-order valence-corrected chi connectivity index (χ0v) is 10.4. The lowest BCUT2D eigenvalue weighted by molar-refractivity contribution is -0.147. The van der Waals surface area contributed by atoms with Gasteiger partial charge in [0.15, 0.2) is 0 Å². The van der Waals surface area contributed by atoms with Gasteiger partial charge in [-0.15, -0.1) is 0 Å². The molecule has 94 valence electrons. The highest BCUT2D eigenvalue weighted by atomic mass is 16.5. The van der Waals surface area contributed by atoms with Crippen LogP contribution in [0, 0.1) is 5.41 Å². The molecule has 0 rings (SSSR count). The second-order valence-corrected chi connectivity index (χ2v) is 4.26. The van der Waals surface area contributed by atoms with Gasteiger partial charge in [0.2, 0.25) is 5.91 Å². The number of nitrogens with one attached hydrogen (secondary N) is 1. The molecule has 5 nitrogen and oxygen atoms in total. The summed E-state index contributed by atoms with van der Waals surface area (Å²) in [5, 5.41) is 11.5. The molecule has 0 saturated carbocycles. The summed E-state index contributed by atoms with van der Waals surface area (Å²) >= 11 is 0. The molecule has 0 aromatic heterocycles. The van der Waals surface area contributed by atoms with Gasteiger partial charge >= 0.3 is 5.97 Å². The van der Waals surface area contributed by atoms with Crippen molar-refractivity contribution in [3.63, 3.8) is 0 Å². The van der Waals surface area contributed by atoms with E-state index in [1.165, 1.54) is 0 Å². The van der Waals surface area contributed by atoms with Gasteiger partial charge in [-0.2, -0.15) is 0 Å². The van der Waals surface area contributed by atoms with E-state index in [9.17, 15) is 9.59 Å². The molecule has 0 aliphatic rings. The van der Waals surface area contributed by atoms with Crippen LogP contribution in [0.25, 0.3) is 0 Å². The van der Waals surface area contributed by atoms with Gasteiger partial charge < -0.3 is 15.2 Å². The number of hydrogen-bond acceptors (Lipinski definition) is 3. The molecule has 0 saturated heterocycles. The van der Waals surface area contributed by atoms with Crippen molar-refractivity contribution in [3.05, 3.63) is 0 Å². The fraction of sp³-hybridized carbons (Fsp3) is 0.818. The SMILES string of the molecule is CCOC(CC)C(=O)NCC(C)(C)C(=O)O. The third kappa shape index (κ3) is 4.61. The Hall–Kier alpha value is -1.10. The van der Waals surface area contributed by atoms with E-state index in [1.54, 1.807) is 13.8 Å². The third-order valence-corrected chi connectivity index (χ3v) is 2.31. The Labute approximate surface area is 96.2 Å². The van der Waals surface area contributed by atoms with Gasteiger partial charge in [0.1, 0.15) is 6.10 Å². The van der Waals surface area contributed by atoms with Crippen molar-refractivity contribution in [3.8, 4) is 0 Å². The summed E-state index contributed by atoms with van der Waals surface area (Å²) in [5.74, 6) is -1.18. The Morgan fingerprint density at radius 1 is 1.38 bits per heavy atom. The summed E-state index contributed by atoms with van der Waals surface area (Å²) in [5.41, 5.74) is -0.958.